The van der Waals surface area contributed by atoms with E-state index in [-0.39, 0.29) is 4.90 Å². The lowest BCUT2D eigenvalue weighted by atomic mass is 10.1. The van der Waals surface area contributed by atoms with E-state index in [2.05, 4.69) is 9.71 Å². The van der Waals surface area contributed by atoms with Gasteiger partial charge in [-0.25, -0.2) is 18.1 Å². The van der Waals surface area contributed by atoms with Crippen LogP contribution >= 0.6 is 0 Å². The number of alkyl halides is 3. The average molecular weight is 478 g/mol. The standard InChI is InChI=1S/C22H21F3N4O3S/c1-26-33(30,31)17-7-8-21-18(11-17)19(20-13-28(14-27-20)9-10-32-2)12-29(21)16-5-3-15(4-6-16)22(23,24)25/h3-8,11-14,26H,9-10H2,1-2H3. The molecular weight excluding hydrogens is 457 g/mol. The summed E-state index contributed by atoms with van der Waals surface area (Å²) in [5.74, 6) is 0. The molecule has 7 nitrogen and oxygen atoms in total. The number of nitrogens with one attached hydrogen (secondary N) is 1. The van der Waals surface area contributed by atoms with Crippen LogP contribution in [0.2, 0.25) is 0 Å². The number of benzene rings is 2. The van der Waals surface area contributed by atoms with Crippen molar-refractivity contribution in [2.45, 2.75) is 17.6 Å². The first-order valence-electron chi connectivity index (χ1n) is 9.91. The summed E-state index contributed by atoms with van der Waals surface area (Å²) in [5.41, 5.74) is 1.63. The van der Waals surface area contributed by atoms with Crippen LogP contribution in [-0.4, -0.2) is 43.3 Å². The minimum atomic E-state index is -4.44. The molecule has 0 amide bonds. The van der Waals surface area contributed by atoms with E-state index in [1.807, 2.05) is 10.8 Å². The molecule has 0 spiro atoms. The maximum atomic E-state index is 13.0. The van der Waals surface area contributed by atoms with Crippen LogP contribution in [-0.2, 0) is 27.5 Å². The summed E-state index contributed by atoms with van der Waals surface area (Å²) in [4.78, 5) is 4.51. The van der Waals surface area contributed by atoms with Gasteiger partial charge in [-0.15, -0.1) is 0 Å². The Morgan fingerprint density at radius 2 is 1.82 bits per heavy atom. The van der Waals surface area contributed by atoms with Crippen LogP contribution in [0.3, 0.4) is 0 Å². The molecule has 1 N–H and O–H groups in total. The number of rotatable bonds is 7. The Morgan fingerprint density at radius 1 is 1.09 bits per heavy atom. The normalized spacial score (nSPS) is 12.5. The molecule has 33 heavy (non-hydrogen) atoms. The minimum absolute atomic E-state index is 0.0720. The Kier molecular flexibility index (Phi) is 6.04. The highest BCUT2D eigenvalue weighted by atomic mass is 32.2. The molecule has 2 aromatic carbocycles. The molecule has 2 aromatic heterocycles. The molecular formula is C22H21F3N4O3S. The molecule has 0 aliphatic rings. The van der Waals surface area contributed by atoms with Gasteiger partial charge in [0.2, 0.25) is 10.0 Å². The minimum Gasteiger partial charge on any atom is -0.383 e. The van der Waals surface area contributed by atoms with Gasteiger partial charge in [-0.05, 0) is 49.5 Å². The molecule has 2 heterocycles. The Hall–Kier alpha value is -3.15. The fourth-order valence-corrected chi connectivity index (χ4v) is 4.30. The zero-order valence-electron chi connectivity index (χ0n) is 17.8. The fourth-order valence-electron chi connectivity index (χ4n) is 3.54. The van der Waals surface area contributed by atoms with Crippen molar-refractivity contribution in [1.29, 1.82) is 0 Å². The number of ether oxygens (including phenoxy) is 1. The van der Waals surface area contributed by atoms with E-state index < -0.39 is 21.8 Å². The zero-order valence-corrected chi connectivity index (χ0v) is 18.6. The van der Waals surface area contributed by atoms with Crippen LogP contribution in [0.5, 0.6) is 0 Å². The van der Waals surface area contributed by atoms with E-state index >= 15 is 0 Å². The summed E-state index contributed by atoms with van der Waals surface area (Å²) < 4.78 is 74.6. The van der Waals surface area contributed by atoms with E-state index in [0.29, 0.717) is 41.0 Å². The van der Waals surface area contributed by atoms with Crippen molar-refractivity contribution < 1.29 is 26.3 Å². The number of hydrogen-bond acceptors (Lipinski definition) is 4. The second-order valence-electron chi connectivity index (χ2n) is 7.33. The SMILES string of the molecule is CNS(=O)(=O)c1ccc2c(c1)c(-c1cn(CCOC)cn1)cn2-c1ccc(C(F)(F)F)cc1. The summed E-state index contributed by atoms with van der Waals surface area (Å²) >= 11 is 0. The molecule has 0 aliphatic carbocycles. The topological polar surface area (TPSA) is 78.2 Å². The molecule has 0 saturated carbocycles. The van der Waals surface area contributed by atoms with Crippen LogP contribution in [0.25, 0.3) is 27.8 Å². The summed E-state index contributed by atoms with van der Waals surface area (Å²) in [5, 5.41) is 0.600. The Bertz CT molecular complexity index is 1390. The Balaban J connectivity index is 1.89. The third-order valence-electron chi connectivity index (χ3n) is 5.29. The van der Waals surface area contributed by atoms with Gasteiger partial charge in [0.1, 0.15) is 0 Å². The van der Waals surface area contributed by atoms with Crippen molar-refractivity contribution in [2.75, 3.05) is 20.8 Å². The molecule has 0 aliphatic heterocycles. The molecule has 0 fully saturated rings. The van der Waals surface area contributed by atoms with Crippen molar-refractivity contribution >= 4 is 20.9 Å². The van der Waals surface area contributed by atoms with Crippen LogP contribution in [0.4, 0.5) is 13.2 Å². The van der Waals surface area contributed by atoms with Crippen LogP contribution in [0.1, 0.15) is 5.56 Å². The smallest absolute Gasteiger partial charge is 0.383 e. The Morgan fingerprint density at radius 3 is 2.45 bits per heavy atom. The number of sulfonamides is 1. The molecule has 4 rings (SSSR count). The first-order valence-corrected chi connectivity index (χ1v) is 11.4. The number of aromatic nitrogens is 3. The van der Waals surface area contributed by atoms with Crippen molar-refractivity contribution in [2.24, 2.45) is 0 Å². The lowest BCUT2D eigenvalue weighted by Crippen LogP contribution is -2.18. The first kappa shape index (κ1) is 23.0. The predicted molar refractivity (Wildman–Crippen MR) is 118 cm³/mol. The molecule has 0 atom stereocenters. The van der Waals surface area contributed by atoms with Gasteiger partial charge in [-0.3, -0.25) is 0 Å². The van der Waals surface area contributed by atoms with E-state index in [1.165, 1.54) is 31.3 Å². The van der Waals surface area contributed by atoms with E-state index in [0.717, 1.165) is 12.1 Å². The lowest BCUT2D eigenvalue weighted by molar-refractivity contribution is -0.137. The highest BCUT2D eigenvalue weighted by Crippen LogP contribution is 2.35. The number of nitrogens with zero attached hydrogens (tertiary/aromatic N) is 3. The van der Waals surface area contributed by atoms with Gasteiger partial charge in [0, 0.05) is 42.7 Å². The molecule has 0 bridgehead atoms. The molecule has 4 aromatic rings. The number of fused-ring (bicyclic) bond motifs is 1. The number of methoxy groups -OCH3 is 1. The van der Waals surface area contributed by atoms with Gasteiger partial charge in [0.15, 0.2) is 0 Å². The summed E-state index contributed by atoms with van der Waals surface area (Å²) in [6.07, 6.45) is 0.758. The fraction of sp³-hybridized carbons (Fsp3) is 0.227. The van der Waals surface area contributed by atoms with Gasteiger partial charge in [0.05, 0.1) is 34.6 Å². The van der Waals surface area contributed by atoms with E-state index in [4.69, 9.17) is 4.74 Å². The third-order valence-corrected chi connectivity index (χ3v) is 6.70. The van der Waals surface area contributed by atoms with Gasteiger partial charge in [0.25, 0.3) is 0 Å². The molecule has 0 unspecified atom stereocenters. The summed E-state index contributed by atoms with van der Waals surface area (Å²) in [6, 6.07) is 9.40. The maximum Gasteiger partial charge on any atom is 0.416 e. The van der Waals surface area contributed by atoms with Crippen molar-refractivity contribution in [3.63, 3.8) is 0 Å². The van der Waals surface area contributed by atoms with Gasteiger partial charge < -0.3 is 13.9 Å². The highest BCUT2D eigenvalue weighted by Gasteiger charge is 2.30. The van der Waals surface area contributed by atoms with Gasteiger partial charge >= 0.3 is 6.18 Å². The van der Waals surface area contributed by atoms with Crippen molar-refractivity contribution in [1.82, 2.24) is 18.8 Å². The molecule has 0 radical (unpaired) electrons. The number of imidazole rings is 1. The second kappa shape index (κ2) is 8.65. The largest absolute Gasteiger partial charge is 0.416 e. The number of hydrogen-bond donors (Lipinski definition) is 1. The van der Waals surface area contributed by atoms with Crippen molar-refractivity contribution in [3.8, 4) is 16.9 Å². The van der Waals surface area contributed by atoms with E-state index in [1.54, 1.807) is 30.3 Å². The lowest BCUT2D eigenvalue weighted by Gasteiger charge is -2.09. The van der Waals surface area contributed by atoms with Crippen molar-refractivity contribution in [3.05, 3.63) is 66.7 Å². The molecule has 174 valence electrons. The third kappa shape index (κ3) is 4.52. The quantitative estimate of drug-likeness (QED) is 0.435. The van der Waals surface area contributed by atoms with Crippen LogP contribution < -0.4 is 4.72 Å². The van der Waals surface area contributed by atoms with Gasteiger partial charge in [-0.2, -0.15) is 13.2 Å². The number of halogens is 3. The van der Waals surface area contributed by atoms with E-state index in [9.17, 15) is 21.6 Å². The molecule has 11 heteroatoms. The molecule has 0 saturated heterocycles. The Labute approximate surface area is 188 Å². The second-order valence-corrected chi connectivity index (χ2v) is 9.22. The monoisotopic (exact) mass is 478 g/mol. The summed E-state index contributed by atoms with van der Waals surface area (Å²) in [6.45, 7) is 1.08. The first-order chi connectivity index (χ1) is 15.6. The average Bonchev–Trinajstić information content (AvgIpc) is 3.41. The highest BCUT2D eigenvalue weighted by molar-refractivity contribution is 7.89. The van der Waals surface area contributed by atoms with Crippen LogP contribution in [0.15, 0.2) is 66.1 Å². The zero-order chi connectivity index (χ0) is 23.8. The van der Waals surface area contributed by atoms with Crippen LogP contribution in [0, 0.1) is 0 Å². The van der Waals surface area contributed by atoms with Gasteiger partial charge in [-0.1, -0.05) is 0 Å². The summed E-state index contributed by atoms with van der Waals surface area (Å²) in [7, 11) is -0.778. The predicted octanol–water partition coefficient (Wildman–Crippen LogP) is 4.07. The maximum absolute atomic E-state index is 13.0.